The zero-order valence-electron chi connectivity index (χ0n) is 15.8. The average molecular weight is 429 g/mol. The van der Waals surface area contributed by atoms with E-state index in [1.54, 1.807) is 36.4 Å². The average Bonchev–Trinajstić information content (AvgIpc) is 2.70. The van der Waals surface area contributed by atoms with Crippen molar-refractivity contribution in [3.63, 3.8) is 0 Å². The third kappa shape index (κ3) is 5.90. The summed E-state index contributed by atoms with van der Waals surface area (Å²) in [7, 11) is -3.87. The molecule has 0 aliphatic rings. The molecule has 0 unspecified atom stereocenters. The van der Waals surface area contributed by atoms with Crippen LogP contribution in [0.4, 0.5) is 5.69 Å². The molecule has 5 nitrogen and oxygen atoms in total. The first-order valence-electron chi connectivity index (χ1n) is 9.03. The van der Waals surface area contributed by atoms with Gasteiger partial charge in [-0.25, -0.2) is 8.42 Å². The third-order valence-electron chi connectivity index (χ3n) is 4.34. The molecule has 29 heavy (non-hydrogen) atoms. The summed E-state index contributed by atoms with van der Waals surface area (Å²) >= 11 is 5.88. The van der Waals surface area contributed by atoms with Gasteiger partial charge in [0.2, 0.25) is 15.9 Å². The van der Waals surface area contributed by atoms with E-state index in [-0.39, 0.29) is 11.3 Å². The summed E-state index contributed by atoms with van der Waals surface area (Å²) in [5.41, 5.74) is 2.33. The summed E-state index contributed by atoms with van der Waals surface area (Å²) in [6.07, 6.45) is 0.214. The maximum atomic E-state index is 12.9. The quantitative estimate of drug-likeness (QED) is 0.592. The fourth-order valence-corrected chi connectivity index (χ4v) is 4.09. The van der Waals surface area contributed by atoms with Crippen molar-refractivity contribution >= 4 is 33.2 Å². The maximum Gasteiger partial charge on any atom is 0.242 e. The minimum atomic E-state index is -3.87. The Morgan fingerprint density at radius 1 is 0.931 bits per heavy atom. The molecule has 2 N–H and O–H groups in total. The summed E-state index contributed by atoms with van der Waals surface area (Å²) < 4.78 is 28.2. The zero-order valence-corrected chi connectivity index (χ0v) is 17.4. The molecule has 1 atom stereocenters. The summed E-state index contributed by atoms with van der Waals surface area (Å²) in [6.45, 7) is 1.88. The molecule has 0 radical (unpaired) electrons. The first kappa shape index (κ1) is 21.0. The minimum Gasteiger partial charge on any atom is -0.325 e. The van der Waals surface area contributed by atoms with Gasteiger partial charge in [0.1, 0.15) is 6.04 Å². The molecule has 3 rings (SSSR count). The number of nitrogens with one attached hydrogen (secondary N) is 2. The van der Waals surface area contributed by atoms with Crippen molar-refractivity contribution in [1.82, 2.24) is 4.72 Å². The molecule has 150 valence electrons. The van der Waals surface area contributed by atoms with Crippen LogP contribution in [0.25, 0.3) is 0 Å². The van der Waals surface area contributed by atoms with Gasteiger partial charge in [-0.1, -0.05) is 59.6 Å². The summed E-state index contributed by atoms with van der Waals surface area (Å²) in [6, 6.07) is 21.4. The highest BCUT2D eigenvalue weighted by Crippen LogP contribution is 2.16. The van der Waals surface area contributed by atoms with Crippen molar-refractivity contribution in [1.29, 1.82) is 0 Å². The topological polar surface area (TPSA) is 75.3 Å². The van der Waals surface area contributed by atoms with Gasteiger partial charge in [-0.15, -0.1) is 0 Å². The smallest absolute Gasteiger partial charge is 0.242 e. The molecule has 0 fully saturated rings. The summed E-state index contributed by atoms with van der Waals surface area (Å²) in [5, 5.41) is 3.29. The molecule has 0 aliphatic carbocycles. The van der Waals surface area contributed by atoms with Crippen molar-refractivity contribution in [3.8, 4) is 0 Å². The number of rotatable bonds is 7. The first-order valence-corrected chi connectivity index (χ1v) is 10.9. The van der Waals surface area contributed by atoms with Gasteiger partial charge in [-0.2, -0.15) is 4.72 Å². The molecular formula is C22H21ClN2O3S. The Morgan fingerprint density at radius 2 is 1.55 bits per heavy atom. The van der Waals surface area contributed by atoms with Crippen LogP contribution in [0.2, 0.25) is 5.02 Å². The van der Waals surface area contributed by atoms with E-state index in [4.69, 9.17) is 11.6 Å². The van der Waals surface area contributed by atoms with Crippen molar-refractivity contribution < 1.29 is 13.2 Å². The van der Waals surface area contributed by atoms with Crippen LogP contribution in [0.3, 0.4) is 0 Å². The van der Waals surface area contributed by atoms with Gasteiger partial charge in [0.15, 0.2) is 0 Å². The van der Waals surface area contributed by atoms with E-state index in [2.05, 4.69) is 10.0 Å². The molecule has 1 amide bonds. The Hall–Kier alpha value is -2.67. The number of hydrogen-bond acceptors (Lipinski definition) is 3. The van der Waals surface area contributed by atoms with Gasteiger partial charge in [0, 0.05) is 10.7 Å². The van der Waals surface area contributed by atoms with Gasteiger partial charge < -0.3 is 5.32 Å². The van der Waals surface area contributed by atoms with E-state index in [0.717, 1.165) is 11.1 Å². The highest BCUT2D eigenvalue weighted by atomic mass is 35.5. The number of carbonyl (C=O) groups is 1. The van der Waals surface area contributed by atoms with Crippen LogP contribution in [0, 0.1) is 6.92 Å². The van der Waals surface area contributed by atoms with Gasteiger partial charge in [-0.3, -0.25) is 4.79 Å². The van der Waals surface area contributed by atoms with Gasteiger partial charge >= 0.3 is 0 Å². The highest BCUT2D eigenvalue weighted by Gasteiger charge is 2.26. The molecule has 0 aliphatic heterocycles. The molecule has 0 heterocycles. The van der Waals surface area contributed by atoms with Crippen LogP contribution in [-0.2, 0) is 21.2 Å². The largest absolute Gasteiger partial charge is 0.325 e. The zero-order chi connectivity index (χ0) is 20.9. The highest BCUT2D eigenvalue weighted by molar-refractivity contribution is 7.89. The molecule has 7 heteroatoms. The van der Waals surface area contributed by atoms with Crippen molar-refractivity contribution in [2.24, 2.45) is 0 Å². The van der Waals surface area contributed by atoms with Crippen LogP contribution in [0.15, 0.2) is 83.8 Å². The van der Waals surface area contributed by atoms with Crippen LogP contribution < -0.4 is 10.0 Å². The number of sulfonamides is 1. The van der Waals surface area contributed by atoms with E-state index >= 15 is 0 Å². The van der Waals surface area contributed by atoms with Crippen LogP contribution in [0.1, 0.15) is 11.1 Å². The lowest BCUT2D eigenvalue weighted by molar-refractivity contribution is -0.117. The standard InChI is InChI=1S/C22H21ClN2O3S/c1-16-7-13-20(14-8-16)29(27,28)25-21(15-17-5-3-2-4-6-17)22(26)24-19-11-9-18(23)10-12-19/h2-14,21,25H,15H2,1H3,(H,24,26)/t21-/m1/s1. The molecule has 0 spiro atoms. The Morgan fingerprint density at radius 3 is 2.17 bits per heavy atom. The lowest BCUT2D eigenvalue weighted by atomic mass is 10.1. The lowest BCUT2D eigenvalue weighted by Crippen LogP contribution is -2.45. The number of carbonyl (C=O) groups excluding carboxylic acids is 1. The number of hydrogen-bond donors (Lipinski definition) is 2. The normalized spacial score (nSPS) is 12.3. The lowest BCUT2D eigenvalue weighted by Gasteiger charge is -2.19. The van der Waals surface area contributed by atoms with Crippen LogP contribution in [-0.4, -0.2) is 20.4 Å². The summed E-state index contributed by atoms with van der Waals surface area (Å²) in [4.78, 5) is 13.0. The Labute approximate surface area is 175 Å². The van der Waals surface area contributed by atoms with Crippen molar-refractivity contribution in [2.45, 2.75) is 24.3 Å². The van der Waals surface area contributed by atoms with Gasteiger partial charge in [0.25, 0.3) is 0 Å². The second-order valence-electron chi connectivity index (χ2n) is 6.67. The van der Waals surface area contributed by atoms with Crippen molar-refractivity contribution in [3.05, 3.63) is 95.0 Å². The predicted molar refractivity (Wildman–Crippen MR) is 116 cm³/mol. The molecule has 3 aromatic carbocycles. The minimum absolute atomic E-state index is 0.112. The van der Waals surface area contributed by atoms with E-state index in [0.29, 0.717) is 10.7 Å². The Bertz CT molecular complexity index is 1070. The molecule has 0 saturated heterocycles. The molecular weight excluding hydrogens is 408 g/mol. The number of benzene rings is 3. The molecule has 3 aromatic rings. The molecule has 0 bridgehead atoms. The van der Waals surface area contributed by atoms with Gasteiger partial charge in [-0.05, 0) is 55.3 Å². The fraction of sp³-hybridized carbons (Fsp3) is 0.136. The molecule has 0 saturated carbocycles. The third-order valence-corrected chi connectivity index (χ3v) is 6.08. The van der Waals surface area contributed by atoms with Crippen LogP contribution in [0.5, 0.6) is 0 Å². The second kappa shape index (κ2) is 9.22. The first-order chi connectivity index (χ1) is 13.8. The van der Waals surface area contributed by atoms with Crippen LogP contribution >= 0.6 is 11.6 Å². The number of halogens is 1. The number of anilines is 1. The summed E-state index contributed by atoms with van der Waals surface area (Å²) in [5.74, 6) is -0.452. The Kier molecular flexibility index (Phi) is 6.69. The number of aryl methyl sites for hydroxylation is 1. The van der Waals surface area contributed by atoms with E-state index in [9.17, 15) is 13.2 Å². The van der Waals surface area contributed by atoms with Crippen molar-refractivity contribution in [2.75, 3.05) is 5.32 Å². The van der Waals surface area contributed by atoms with E-state index in [1.165, 1.54) is 12.1 Å². The Balaban J connectivity index is 1.84. The maximum absolute atomic E-state index is 12.9. The van der Waals surface area contributed by atoms with Gasteiger partial charge in [0.05, 0.1) is 4.90 Å². The monoisotopic (exact) mass is 428 g/mol. The predicted octanol–water partition coefficient (Wildman–Crippen LogP) is 4.18. The molecule has 0 aromatic heterocycles. The van der Waals surface area contributed by atoms with E-state index in [1.807, 2.05) is 37.3 Å². The van der Waals surface area contributed by atoms with E-state index < -0.39 is 22.0 Å². The fourth-order valence-electron chi connectivity index (χ4n) is 2.77. The number of amides is 1. The second-order valence-corrected chi connectivity index (χ2v) is 8.82. The SMILES string of the molecule is Cc1ccc(S(=O)(=O)N[C@H](Cc2ccccc2)C(=O)Nc2ccc(Cl)cc2)cc1.